The normalized spacial score (nSPS) is 10.7. The minimum Gasteiger partial charge on any atom is -0.493 e. The quantitative estimate of drug-likeness (QED) is 0.516. The first-order chi connectivity index (χ1) is 14.5. The van der Waals surface area contributed by atoms with Gasteiger partial charge in [-0.15, -0.1) is 10.2 Å². The minimum absolute atomic E-state index is 0.0776. The average molecular weight is 427 g/mol. The van der Waals surface area contributed by atoms with Gasteiger partial charge in [-0.25, -0.2) is 0 Å². The number of benzene rings is 2. The van der Waals surface area contributed by atoms with E-state index in [1.807, 2.05) is 67.8 Å². The van der Waals surface area contributed by atoms with Crippen molar-refractivity contribution in [1.29, 1.82) is 0 Å². The highest BCUT2D eigenvalue weighted by atomic mass is 32.2. The molecule has 1 heterocycles. The number of aryl methyl sites for hydroxylation is 2. The Balaban J connectivity index is 1.61. The molecule has 1 aromatic heterocycles. The Bertz CT molecular complexity index is 1020. The van der Waals surface area contributed by atoms with Crippen molar-refractivity contribution in [1.82, 2.24) is 14.8 Å². The summed E-state index contributed by atoms with van der Waals surface area (Å²) in [5.74, 6) is 2.18. The molecular weight excluding hydrogens is 400 g/mol. The third-order valence-electron chi connectivity index (χ3n) is 4.54. The molecule has 1 N–H and O–H groups in total. The lowest BCUT2D eigenvalue weighted by Gasteiger charge is -2.11. The number of hydrogen-bond donors (Lipinski definition) is 1. The van der Waals surface area contributed by atoms with E-state index < -0.39 is 0 Å². The lowest BCUT2D eigenvalue weighted by atomic mass is 10.1. The van der Waals surface area contributed by atoms with Crippen molar-refractivity contribution >= 4 is 23.4 Å². The van der Waals surface area contributed by atoms with Crippen LogP contribution in [0.4, 0.5) is 5.69 Å². The Morgan fingerprint density at radius 3 is 2.63 bits per heavy atom. The first kappa shape index (κ1) is 21.7. The van der Waals surface area contributed by atoms with E-state index >= 15 is 0 Å². The van der Waals surface area contributed by atoms with Crippen LogP contribution in [0.15, 0.2) is 47.6 Å². The number of methoxy groups -OCH3 is 1. The van der Waals surface area contributed by atoms with E-state index in [-0.39, 0.29) is 18.3 Å². The molecule has 0 radical (unpaired) electrons. The monoisotopic (exact) mass is 426 g/mol. The van der Waals surface area contributed by atoms with Gasteiger partial charge in [0.2, 0.25) is 5.91 Å². The second-order valence-corrected chi connectivity index (χ2v) is 7.68. The van der Waals surface area contributed by atoms with Crippen LogP contribution in [-0.2, 0) is 17.9 Å². The second kappa shape index (κ2) is 10.2. The Kier molecular flexibility index (Phi) is 7.35. The molecule has 1 amide bonds. The third-order valence-corrected chi connectivity index (χ3v) is 5.50. The smallest absolute Gasteiger partial charge is 0.234 e. The van der Waals surface area contributed by atoms with Gasteiger partial charge in [-0.1, -0.05) is 36.0 Å². The topological polar surface area (TPSA) is 78.3 Å². The van der Waals surface area contributed by atoms with Crippen molar-refractivity contribution in [2.75, 3.05) is 18.2 Å². The lowest BCUT2D eigenvalue weighted by Crippen LogP contribution is -2.15. The molecule has 0 aliphatic rings. The molecule has 8 heteroatoms. The van der Waals surface area contributed by atoms with Gasteiger partial charge in [0.15, 0.2) is 22.5 Å². The fourth-order valence-corrected chi connectivity index (χ4v) is 3.74. The molecule has 3 rings (SSSR count). The molecular formula is C22H26N4O3S. The van der Waals surface area contributed by atoms with Gasteiger partial charge in [0.25, 0.3) is 0 Å². The Hall–Kier alpha value is -3.00. The van der Waals surface area contributed by atoms with Crippen LogP contribution in [0.1, 0.15) is 23.9 Å². The third kappa shape index (κ3) is 5.33. The number of amides is 1. The first-order valence-corrected chi connectivity index (χ1v) is 10.7. The summed E-state index contributed by atoms with van der Waals surface area (Å²) < 4.78 is 13.1. The molecule has 158 valence electrons. The molecule has 0 unspecified atom stereocenters. The highest BCUT2D eigenvalue weighted by Crippen LogP contribution is 2.27. The second-order valence-electron chi connectivity index (χ2n) is 6.74. The van der Waals surface area contributed by atoms with E-state index in [0.717, 1.165) is 16.8 Å². The predicted octanol–water partition coefficient (Wildman–Crippen LogP) is 4.23. The zero-order valence-electron chi connectivity index (χ0n) is 17.6. The molecule has 2 aromatic carbocycles. The van der Waals surface area contributed by atoms with Crippen LogP contribution < -0.4 is 14.8 Å². The lowest BCUT2D eigenvalue weighted by molar-refractivity contribution is -0.113. The fourth-order valence-electron chi connectivity index (χ4n) is 2.92. The van der Waals surface area contributed by atoms with Gasteiger partial charge in [-0.3, -0.25) is 4.79 Å². The molecule has 30 heavy (non-hydrogen) atoms. The maximum absolute atomic E-state index is 12.4. The molecule has 0 bridgehead atoms. The summed E-state index contributed by atoms with van der Waals surface area (Å²) in [4.78, 5) is 12.4. The summed E-state index contributed by atoms with van der Waals surface area (Å²) in [6, 6.07) is 13.5. The van der Waals surface area contributed by atoms with Gasteiger partial charge in [-0.05, 0) is 50.1 Å². The molecule has 0 fully saturated rings. The van der Waals surface area contributed by atoms with E-state index in [1.165, 1.54) is 11.8 Å². The molecule has 0 aliphatic carbocycles. The number of aromatic nitrogens is 3. The van der Waals surface area contributed by atoms with Crippen molar-refractivity contribution in [2.24, 2.45) is 0 Å². The van der Waals surface area contributed by atoms with E-state index in [9.17, 15) is 4.79 Å². The van der Waals surface area contributed by atoms with Crippen molar-refractivity contribution in [3.05, 3.63) is 59.4 Å². The standard InChI is InChI=1S/C22H26N4O3S/c1-5-26-20(13-29-19-9-7-6-8-18(19)28-4)24-25-22(26)30-14-21(27)23-17-12-15(2)10-11-16(17)3/h6-12H,5,13-14H2,1-4H3,(H,23,27). The van der Waals surface area contributed by atoms with Crippen molar-refractivity contribution in [3.63, 3.8) is 0 Å². The molecule has 7 nitrogen and oxygen atoms in total. The highest BCUT2D eigenvalue weighted by Gasteiger charge is 2.15. The van der Waals surface area contributed by atoms with Gasteiger partial charge in [-0.2, -0.15) is 0 Å². The van der Waals surface area contributed by atoms with Crippen LogP contribution in [0, 0.1) is 13.8 Å². The fraction of sp³-hybridized carbons (Fsp3) is 0.318. The Labute approximate surface area is 180 Å². The summed E-state index contributed by atoms with van der Waals surface area (Å²) in [5.41, 5.74) is 2.98. The zero-order chi connectivity index (χ0) is 21.5. The number of ether oxygens (including phenoxy) is 2. The molecule has 3 aromatic rings. The molecule has 0 saturated heterocycles. The number of anilines is 1. The maximum atomic E-state index is 12.4. The van der Waals surface area contributed by atoms with E-state index in [2.05, 4.69) is 15.5 Å². The molecule has 0 atom stereocenters. The van der Waals surface area contributed by atoms with Crippen molar-refractivity contribution in [3.8, 4) is 11.5 Å². The van der Waals surface area contributed by atoms with Crippen LogP contribution in [-0.4, -0.2) is 33.5 Å². The van der Waals surface area contributed by atoms with Crippen LogP contribution >= 0.6 is 11.8 Å². The summed E-state index contributed by atoms with van der Waals surface area (Å²) >= 11 is 1.36. The number of nitrogens with zero attached hydrogens (tertiary/aromatic N) is 3. The van der Waals surface area contributed by atoms with Gasteiger partial charge < -0.3 is 19.4 Å². The van der Waals surface area contributed by atoms with E-state index in [4.69, 9.17) is 9.47 Å². The number of carbonyl (C=O) groups excluding carboxylic acids is 1. The summed E-state index contributed by atoms with van der Waals surface area (Å²) in [7, 11) is 1.61. The number of para-hydroxylation sites is 2. The Morgan fingerprint density at radius 2 is 1.90 bits per heavy atom. The van der Waals surface area contributed by atoms with Gasteiger partial charge in [0.1, 0.15) is 6.61 Å². The average Bonchev–Trinajstić information content (AvgIpc) is 3.15. The molecule has 0 saturated carbocycles. The van der Waals surface area contributed by atoms with Crippen molar-refractivity contribution < 1.29 is 14.3 Å². The summed E-state index contributed by atoms with van der Waals surface area (Å²) in [6.45, 7) is 6.93. The number of hydrogen-bond acceptors (Lipinski definition) is 6. The highest BCUT2D eigenvalue weighted by molar-refractivity contribution is 7.99. The zero-order valence-corrected chi connectivity index (χ0v) is 18.5. The van der Waals surface area contributed by atoms with E-state index in [1.54, 1.807) is 7.11 Å². The Morgan fingerprint density at radius 1 is 1.13 bits per heavy atom. The van der Waals surface area contributed by atoms with E-state index in [0.29, 0.717) is 29.0 Å². The summed E-state index contributed by atoms with van der Waals surface area (Å²) in [6.07, 6.45) is 0. The van der Waals surface area contributed by atoms with Crippen LogP contribution in [0.5, 0.6) is 11.5 Å². The largest absolute Gasteiger partial charge is 0.493 e. The predicted molar refractivity (Wildman–Crippen MR) is 118 cm³/mol. The maximum Gasteiger partial charge on any atom is 0.234 e. The van der Waals surface area contributed by atoms with Gasteiger partial charge >= 0.3 is 0 Å². The minimum atomic E-state index is -0.0776. The number of carbonyl (C=O) groups is 1. The van der Waals surface area contributed by atoms with Crippen LogP contribution in [0.2, 0.25) is 0 Å². The summed E-state index contributed by atoms with van der Waals surface area (Å²) in [5, 5.41) is 12.1. The van der Waals surface area contributed by atoms with Gasteiger partial charge in [0.05, 0.1) is 12.9 Å². The van der Waals surface area contributed by atoms with Crippen LogP contribution in [0.3, 0.4) is 0 Å². The van der Waals surface area contributed by atoms with Gasteiger partial charge in [0, 0.05) is 12.2 Å². The first-order valence-electron chi connectivity index (χ1n) is 9.69. The molecule has 0 spiro atoms. The van der Waals surface area contributed by atoms with Crippen LogP contribution in [0.25, 0.3) is 0 Å². The SMILES string of the molecule is CCn1c(COc2ccccc2OC)nnc1SCC(=O)Nc1cc(C)ccc1C. The number of rotatable bonds is 9. The molecule has 0 aliphatic heterocycles. The number of nitrogens with one attached hydrogen (secondary N) is 1. The number of thioether (sulfide) groups is 1. The van der Waals surface area contributed by atoms with Crippen molar-refractivity contribution in [2.45, 2.75) is 39.1 Å².